The van der Waals surface area contributed by atoms with Crippen molar-refractivity contribution < 1.29 is 14.7 Å². The molecule has 1 fully saturated rings. The van der Waals surface area contributed by atoms with Gasteiger partial charge in [-0.3, -0.25) is 9.59 Å². The molecule has 0 aliphatic heterocycles. The van der Waals surface area contributed by atoms with E-state index >= 15 is 0 Å². The van der Waals surface area contributed by atoms with Crippen LogP contribution in [0.15, 0.2) is 24.3 Å². The molecule has 1 aromatic rings. The fourth-order valence-corrected chi connectivity index (χ4v) is 2.89. The number of benzene rings is 1. The second-order valence-corrected chi connectivity index (χ2v) is 6.13. The van der Waals surface area contributed by atoms with E-state index in [9.17, 15) is 14.7 Å². The van der Waals surface area contributed by atoms with Gasteiger partial charge in [0.05, 0.1) is 12.0 Å². The molecule has 0 aromatic heterocycles. The van der Waals surface area contributed by atoms with Crippen molar-refractivity contribution in [3.05, 3.63) is 35.4 Å². The maximum atomic E-state index is 12.2. The van der Waals surface area contributed by atoms with Crippen LogP contribution < -0.4 is 5.32 Å². The molecule has 5 heteroatoms. The third kappa shape index (κ3) is 4.07. The van der Waals surface area contributed by atoms with E-state index in [0.29, 0.717) is 24.9 Å². The lowest BCUT2D eigenvalue weighted by atomic mass is 9.97. The van der Waals surface area contributed by atoms with E-state index < -0.39 is 5.60 Å². The van der Waals surface area contributed by atoms with Gasteiger partial charge in [0, 0.05) is 26.2 Å². The van der Waals surface area contributed by atoms with Crippen LogP contribution in [0.5, 0.6) is 0 Å². The molecule has 120 valence electrons. The SMILES string of the molecule is CNC(=O)c1ccc(CN(C)C(=O)CC2(O)CCCC2)cc1. The Hall–Kier alpha value is -1.88. The van der Waals surface area contributed by atoms with E-state index in [1.807, 2.05) is 12.1 Å². The minimum absolute atomic E-state index is 0.0419. The third-order valence-corrected chi connectivity index (χ3v) is 4.30. The number of nitrogens with zero attached hydrogens (tertiary/aromatic N) is 1. The highest BCUT2D eigenvalue weighted by Crippen LogP contribution is 2.32. The first-order valence-electron chi connectivity index (χ1n) is 7.71. The fourth-order valence-electron chi connectivity index (χ4n) is 2.89. The number of hydrogen-bond donors (Lipinski definition) is 2. The lowest BCUT2D eigenvalue weighted by Crippen LogP contribution is -2.35. The van der Waals surface area contributed by atoms with Crippen LogP contribution in [-0.2, 0) is 11.3 Å². The molecule has 0 bridgehead atoms. The van der Waals surface area contributed by atoms with Crippen LogP contribution in [0.2, 0.25) is 0 Å². The normalized spacial score (nSPS) is 16.3. The van der Waals surface area contributed by atoms with E-state index in [2.05, 4.69) is 5.32 Å². The number of amides is 2. The number of aliphatic hydroxyl groups is 1. The third-order valence-electron chi connectivity index (χ3n) is 4.30. The highest BCUT2D eigenvalue weighted by Gasteiger charge is 2.34. The summed E-state index contributed by atoms with van der Waals surface area (Å²) in [5, 5.41) is 12.9. The van der Waals surface area contributed by atoms with Crippen molar-refractivity contribution in [3.8, 4) is 0 Å². The van der Waals surface area contributed by atoms with Crippen LogP contribution in [0.25, 0.3) is 0 Å². The van der Waals surface area contributed by atoms with Gasteiger partial charge in [-0.15, -0.1) is 0 Å². The van der Waals surface area contributed by atoms with Crippen molar-refractivity contribution in [2.45, 2.75) is 44.2 Å². The number of nitrogens with one attached hydrogen (secondary N) is 1. The molecule has 1 aromatic carbocycles. The van der Waals surface area contributed by atoms with Crippen LogP contribution >= 0.6 is 0 Å². The molecule has 0 unspecified atom stereocenters. The van der Waals surface area contributed by atoms with E-state index in [-0.39, 0.29) is 18.2 Å². The molecule has 0 heterocycles. The molecule has 0 atom stereocenters. The lowest BCUT2D eigenvalue weighted by Gasteiger charge is -2.25. The topological polar surface area (TPSA) is 69.6 Å². The van der Waals surface area contributed by atoms with Crippen molar-refractivity contribution in [3.63, 3.8) is 0 Å². The van der Waals surface area contributed by atoms with Crippen molar-refractivity contribution in [2.75, 3.05) is 14.1 Å². The fraction of sp³-hybridized carbons (Fsp3) is 0.529. The molecule has 1 saturated carbocycles. The number of rotatable bonds is 5. The average molecular weight is 304 g/mol. The minimum Gasteiger partial charge on any atom is -0.389 e. The molecule has 1 aliphatic carbocycles. The summed E-state index contributed by atoms with van der Waals surface area (Å²) >= 11 is 0. The molecular weight excluding hydrogens is 280 g/mol. The van der Waals surface area contributed by atoms with Crippen LogP contribution in [0.4, 0.5) is 0 Å². The second-order valence-electron chi connectivity index (χ2n) is 6.13. The van der Waals surface area contributed by atoms with Gasteiger partial charge in [-0.25, -0.2) is 0 Å². The van der Waals surface area contributed by atoms with Crippen molar-refractivity contribution in [1.82, 2.24) is 10.2 Å². The zero-order chi connectivity index (χ0) is 16.2. The van der Waals surface area contributed by atoms with Crippen LogP contribution in [0.1, 0.15) is 48.0 Å². The van der Waals surface area contributed by atoms with Gasteiger partial charge in [0.25, 0.3) is 5.91 Å². The minimum atomic E-state index is -0.811. The van der Waals surface area contributed by atoms with E-state index in [1.165, 1.54) is 0 Å². The van der Waals surface area contributed by atoms with Crippen LogP contribution in [0, 0.1) is 0 Å². The maximum absolute atomic E-state index is 12.2. The Morgan fingerprint density at radius 3 is 2.36 bits per heavy atom. The van der Waals surface area contributed by atoms with E-state index in [0.717, 1.165) is 18.4 Å². The summed E-state index contributed by atoms with van der Waals surface area (Å²) in [6.45, 7) is 0.475. The number of hydrogen-bond acceptors (Lipinski definition) is 3. The first kappa shape index (κ1) is 16.5. The zero-order valence-electron chi connectivity index (χ0n) is 13.3. The van der Waals surface area contributed by atoms with Crippen molar-refractivity contribution in [1.29, 1.82) is 0 Å². The van der Waals surface area contributed by atoms with Gasteiger partial charge in [0.15, 0.2) is 0 Å². The van der Waals surface area contributed by atoms with Gasteiger partial charge in [-0.2, -0.15) is 0 Å². The molecule has 5 nitrogen and oxygen atoms in total. The molecule has 0 spiro atoms. The Bertz CT molecular complexity index is 533. The quantitative estimate of drug-likeness (QED) is 0.870. The van der Waals surface area contributed by atoms with Crippen LogP contribution in [0.3, 0.4) is 0 Å². The highest BCUT2D eigenvalue weighted by atomic mass is 16.3. The first-order valence-corrected chi connectivity index (χ1v) is 7.71. The van der Waals surface area contributed by atoms with Gasteiger partial charge < -0.3 is 15.3 Å². The molecule has 0 radical (unpaired) electrons. The van der Waals surface area contributed by atoms with Crippen molar-refractivity contribution >= 4 is 11.8 Å². The summed E-state index contributed by atoms with van der Waals surface area (Å²) in [4.78, 5) is 25.3. The van der Waals surface area contributed by atoms with Gasteiger partial charge >= 0.3 is 0 Å². The van der Waals surface area contributed by atoms with Gasteiger partial charge in [-0.1, -0.05) is 25.0 Å². The molecular formula is C17H24N2O3. The number of carbonyl (C=O) groups is 2. The number of carbonyl (C=O) groups excluding carboxylic acids is 2. The maximum Gasteiger partial charge on any atom is 0.251 e. The Balaban J connectivity index is 1.92. The van der Waals surface area contributed by atoms with Gasteiger partial charge in [0.2, 0.25) is 5.91 Å². The molecule has 22 heavy (non-hydrogen) atoms. The molecule has 1 aliphatic rings. The van der Waals surface area contributed by atoms with E-state index in [4.69, 9.17) is 0 Å². The predicted octanol–water partition coefficient (Wildman–Crippen LogP) is 1.70. The summed E-state index contributed by atoms with van der Waals surface area (Å²) in [6.07, 6.45) is 3.61. The second kappa shape index (κ2) is 6.92. The standard InChI is InChI=1S/C17H24N2O3/c1-18-16(21)14-7-5-13(6-8-14)12-19(2)15(20)11-17(22)9-3-4-10-17/h5-8,22H,3-4,9-12H2,1-2H3,(H,18,21). The summed E-state index contributed by atoms with van der Waals surface area (Å²) < 4.78 is 0. The molecule has 2 amide bonds. The van der Waals surface area contributed by atoms with Gasteiger partial charge in [-0.05, 0) is 30.5 Å². The monoisotopic (exact) mass is 304 g/mol. The summed E-state index contributed by atoms with van der Waals surface area (Å²) in [7, 11) is 3.34. The Morgan fingerprint density at radius 2 is 1.82 bits per heavy atom. The van der Waals surface area contributed by atoms with Crippen molar-refractivity contribution in [2.24, 2.45) is 0 Å². The Labute approximate surface area is 131 Å². The first-order chi connectivity index (χ1) is 10.4. The average Bonchev–Trinajstić information content (AvgIpc) is 2.93. The molecule has 2 N–H and O–H groups in total. The Morgan fingerprint density at radius 1 is 1.23 bits per heavy atom. The Kier molecular flexibility index (Phi) is 5.19. The smallest absolute Gasteiger partial charge is 0.251 e. The van der Waals surface area contributed by atoms with Crippen LogP contribution in [-0.4, -0.2) is 41.5 Å². The highest BCUT2D eigenvalue weighted by molar-refractivity contribution is 5.93. The van der Waals surface area contributed by atoms with E-state index in [1.54, 1.807) is 31.1 Å². The summed E-state index contributed by atoms with van der Waals surface area (Å²) in [5.74, 6) is -0.167. The summed E-state index contributed by atoms with van der Waals surface area (Å²) in [5.41, 5.74) is 0.747. The predicted molar refractivity (Wildman–Crippen MR) is 84.3 cm³/mol. The largest absolute Gasteiger partial charge is 0.389 e. The zero-order valence-corrected chi connectivity index (χ0v) is 13.3. The van der Waals surface area contributed by atoms with Gasteiger partial charge in [0.1, 0.15) is 0 Å². The molecule has 0 saturated heterocycles. The summed E-state index contributed by atoms with van der Waals surface area (Å²) in [6, 6.07) is 7.19. The molecule has 2 rings (SSSR count). The lowest BCUT2D eigenvalue weighted by molar-refractivity contribution is -0.135.